The first-order chi connectivity index (χ1) is 10.8. The molecule has 1 atom stereocenters. The van der Waals surface area contributed by atoms with Crippen LogP contribution in [0.1, 0.15) is 16.2 Å². The Kier molecular flexibility index (Phi) is 7.31. The molecular formula is C17H22BrNOS2. The summed E-state index contributed by atoms with van der Waals surface area (Å²) in [7, 11) is 3.99. The van der Waals surface area contributed by atoms with Gasteiger partial charge in [0.05, 0.1) is 6.10 Å². The normalized spacial score (nSPS) is 18.7. The van der Waals surface area contributed by atoms with Gasteiger partial charge in [-0.15, -0.1) is 22.7 Å². The molecule has 0 radical (unpaired) electrons. The molecule has 5 heteroatoms. The van der Waals surface area contributed by atoms with Crippen molar-refractivity contribution in [2.45, 2.75) is 12.5 Å². The average Bonchev–Trinajstić information content (AvgIpc) is 3.23. The largest absolute Gasteiger partial charge is 0.380 e. The molecule has 0 spiro atoms. The Morgan fingerprint density at radius 1 is 1.18 bits per heavy atom. The number of halogens is 1. The molecule has 2 aromatic heterocycles. The number of hydrogen-bond acceptors (Lipinski definition) is 4. The third-order valence-corrected chi connectivity index (χ3v) is 5.45. The number of alkyl halides is 1. The van der Waals surface area contributed by atoms with Gasteiger partial charge >= 0.3 is 0 Å². The molecule has 1 fully saturated rings. The van der Waals surface area contributed by atoms with Gasteiger partial charge in [-0.25, -0.2) is 0 Å². The van der Waals surface area contributed by atoms with Crippen LogP contribution < -0.4 is 0 Å². The van der Waals surface area contributed by atoms with E-state index < -0.39 is 0 Å². The Bertz CT molecular complexity index is 542. The van der Waals surface area contributed by atoms with E-state index in [1.165, 1.54) is 20.9 Å². The van der Waals surface area contributed by atoms with Crippen LogP contribution >= 0.6 is 38.6 Å². The number of methoxy groups -OCH3 is 1. The van der Waals surface area contributed by atoms with Gasteiger partial charge in [-0.1, -0.05) is 28.1 Å². The fraction of sp³-hybridized carbons (Fsp3) is 0.412. The van der Waals surface area contributed by atoms with Crippen LogP contribution in [0.25, 0.3) is 5.57 Å². The third kappa shape index (κ3) is 4.30. The molecule has 22 heavy (non-hydrogen) atoms. The minimum Gasteiger partial charge on any atom is -0.380 e. The smallest absolute Gasteiger partial charge is 0.0736 e. The van der Waals surface area contributed by atoms with E-state index in [4.69, 9.17) is 4.74 Å². The first kappa shape index (κ1) is 17.9. The fourth-order valence-corrected chi connectivity index (χ4v) is 4.52. The number of piperidine rings is 1. The lowest BCUT2D eigenvalue weighted by Crippen LogP contribution is -2.38. The van der Waals surface area contributed by atoms with E-state index in [2.05, 4.69) is 62.9 Å². The zero-order valence-corrected chi connectivity index (χ0v) is 16.4. The molecule has 2 nitrogen and oxygen atoms in total. The predicted molar refractivity (Wildman–Crippen MR) is 102 cm³/mol. The van der Waals surface area contributed by atoms with Crippen molar-refractivity contribution in [2.24, 2.45) is 0 Å². The second-order valence-electron chi connectivity index (χ2n) is 5.19. The fourth-order valence-electron chi connectivity index (χ4n) is 2.79. The van der Waals surface area contributed by atoms with Crippen molar-refractivity contribution in [3.63, 3.8) is 0 Å². The molecule has 120 valence electrons. The maximum absolute atomic E-state index is 5.61. The number of hydrogen-bond donors (Lipinski definition) is 0. The van der Waals surface area contributed by atoms with E-state index in [1.54, 1.807) is 0 Å². The Morgan fingerprint density at radius 2 is 1.77 bits per heavy atom. The number of ether oxygens (including phenoxy) is 1. The standard InChI is InChI=1S/C16H19NOS2.CH3Br/c1-17-10-12(9-13(11-17)18-2)16(14-5-3-7-19-14)15-6-4-8-20-15;1-2/h3-8,13H,9-11H2,1-2H3;1H3. The van der Waals surface area contributed by atoms with Crippen LogP contribution in [0.3, 0.4) is 0 Å². The minimum absolute atomic E-state index is 0.304. The third-order valence-electron chi connectivity index (χ3n) is 3.67. The molecule has 0 saturated carbocycles. The van der Waals surface area contributed by atoms with E-state index in [-0.39, 0.29) is 0 Å². The zero-order chi connectivity index (χ0) is 15.9. The molecule has 2 aromatic rings. The van der Waals surface area contributed by atoms with Gasteiger partial charge in [0.25, 0.3) is 0 Å². The van der Waals surface area contributed by atoms with E-state index in [0.29, 0.717) is 6.10 Å². The van der Waals surface area contributed by atoms with Gasteiger partial charge in [-0.05, 0) is 47.8 Å². The second kappa shape index (κ2) is 8.99. The molecule has 1 aliphatic rings. The van der Waals surface area contributed by atoms with Gasteiger partial charge in [0, 0.05) is 35.5 Å². The summed E-state index contributed by atoms with van der Waals surface area (Å²) in [6.07, 6.45) is 1.34. The van der Waals surface area contributed by atoms with Crippen LogP contribution in [0, 0.1) is 0 Å². The maximum atomic E-state index is 5.61. The topological polar surface area (TPSA) is 12.5 Å². The Hall–Kier alpha value is -0.460. The summed E-state index contributed by atoms with van der Waals surface area (Å²) in [5.74, 6) is 1.81. The van der Waals surface area contributed by atoms with Crippen LogP contribution in [-0.4, -0.2) is 44.1 Å². The highest BCUT2D eigenvalue weighted by atomic mass is 79.9. The number of rotatable bonds is 3. The van der Waals surface area contributed by atoms with Gasteiger partial charge in [0.2, 0.25) is 0 Å². The highest BCUT2D eigenvalue weighted by Crippen LogP contribution is 2.36. The predicted octanol–water partition coefficient (Wildman–Crippen LogP) is 4.97. The van der Waals surface area contributed by atoms with E-state index >= 15 is 0 Å². The lowest BCUT2D eigenvalue weighted by Gasteiger charge is -2.32. The van der Waals surface area contributed by atoms with Crippen molar-refractivity contribution in [2.75, 3.05) is 33.1 Å². The molecule has 0 aliphatic carbocycles. The molecule has 0 bridgehead atoms. The van der Waals surface area contributed by atoms with Crippen LogP contribution in [0.4, 0.5) is 0 Å². The summed E-state index contributed by atoms with van der Waals surface area (Å²) in [4.78, 5) is 5.09. The monoisotopic (exact) mass is 399 g/mol. The molecule has 3 heterocycles. The molecule has 0 N–H and O–H groups in total. The van der Waals surface area contributed by atoms with Gasteiger partial charge in [0.15, 0.2) is 0 Å². The number of nitrogens with zero attached hydrogens (tertiary/aromatic N) is 1. The highest BCUT2D eigenvalue weighted by molar-refractivity contribution is 9.08. The Balaban J connectivity index is 0.000000847. The Labute approximate surface area is 149 Å². The average molecular weight is 400 g/mol. The molecule has 1 aliphatic heterocycles. The summed E-state index contributed by atoms with van der Waals surface area (Å²) in [5, 5.41) is 4.31. The zero-order valence-electron chi connectivity index (χ0n) is 13.2. The van der Waals surface area contributed by atoms with E-state index in [0.717, 1.165) is 19.5 Å². The molecule has 1 saturated heterocycles. The SMILES string of the molecule is CBr.COC1CC(=C(c2cccs2)c2cccs2)CN(C)C1. The van der Waals surface area contributed by atoms with Crippen molar-refractivity contribution >= 4 is 44.2 Å². The molecular weight excluding hydrogens is 378 g/mol. The van der Waals surface area contributed by atoms with Crippen molar-refractivity contribution in [3.05, 3.63) is 50.4 Å². The number of likely N-dealkylation sites (tertiary alicyclic amines) is 1. The molecule has 0 aromatic carbocycles. The first-order valence-corrected chi connectivity index (χ1v) is 10.5. The van der Waals surface area contributed by atoms with Crippen molar-refractivity contribution in [1.29, 1.82) is 0 Å². The molecule has 0 amide bonds. The summed E-state index contributed by atoms with van der Waals surface area (Å²) in [6.45, 7) is 2.05. The van der Waals surface area contributed by atoms with Gasteiger partial charge < -0.3 is 4.74 Å². The summed E-state index contributed by atoms with van der Waals surface area (Å²) in [6, 6.07) is 8.72. The van der Waals surface area contributed by atoms with Gasteiger partial charge in [-0.2, -0.15) is 0 Å². The van der Waals surface area contributed by atoms with Crippen molar-refractivity contribution in [1.82, 2.24) is 4.90 Å². The minimum atomic E-state index is 0.304. The summed E-state index contributed by atoms with van der Waals surface area (Å²) >= 11 is 6.58. The van der Waals surface area contributed by atoms with Crippen LogP contribution in [0.2, 0.25) is 0 Å². The molecule has 1 unspecified atom stereocenters. The number of likely N-dealkylation sites (N-methyl/N-ethyl adjacent to an activating group) is 1. The lowest BCUT2D eigenvalue weighted by molar-refractivity contribution is 0.0589. The maximum Gasteiger partial charge on any atom is 0.0736 e. The second-order valence-corrected chi connectivity index (χ2v) is 7.09. The van der Waals surface area contributed by atoms with Gasteiger partial charge in [-0.3, -0.25) is 4.90 Å². The van der Waals surface area contributed by atoms with Crippen molar-refractivity contribution in [3.8, 4) is 0 Å². The Morgan fingerprint density at radius 3 is 2.23 bits per heavy atom. The summed E-state index contributed by atoms with van der Waals surface area (Å²) in [5.41, 5.74) is 2.92. The van der Waals surface area contributed by atoms with Crippen molar-refractivity contribution < 1.29 is 4.74 Å². The van der Waals surface area contributed by atoms with Crippen LogP contribution in [-0.2, 0) is 4.74 Å². The summed E-state index contributed by atoms with van der Waals surface area (Å²) < 4.78 is 5.61. The van der Waals surface area contributed by atoms with Gasteiger partial charge in [0.1, 0.15) is 0 Å². The van der Waals surface area contributed by atoms with Crippen LogP contribution in [0.15, 0.2) is 40.6 Å². The van der Waals surface area contributed by atoms with Crippen LogP contribution in [0.5, 0.6) is 0 Å². The lowest BCUT2D eigenvalue weighted by atomic mass is 9.95. The highest BCUT2D eigenvalue weighted by Gasteiger charge is 2.24. The van der Waals surface area contributed by atoms with E-state index in [1.807, 2.05) is 35.6 Å². The van der Waals surface area contributed by atoms with E-state index in [9.17, 15) is 0 Å². The quantitative estimate of drug-likeness (QED) is 0.675. The number of thiophene rings is 2. The molecule has 3 rings (SSSR count). The first-order valence-electron chi connectivity index (χ1n) is 7.17.